The normalized spacial score (nSPS) is 16.2. The lowest BCUT2D eigenvalue weighted by molar-refractivity contribution is -0.120. The van der Waals surface area contributed by atoms with E-state index in [2.05, 4.69) is 9.97 Å². The first-order chi connectivity index (χ1) is 19.6. The summed E-state index contributed by atoms with van der Waals surface area (Å²) in [5.41, 5.74) is 0.930. The molecule has 5 rings (SSSR count). The lowest BCUT2D eigenvalue weighted by atomic mass is 9.93. The number of halogens is 2. The third-order valence-corrected chi connectivity index (χ3v) is 8.46. The van der Waals surface area contributed by atoms with Crippen molar-refractivity contribution in [3.63, 3.8) is 0 Å². The van der Waals surface area contributed by atoms with Crippen LogP contribution in [0.25, 0.3) is 10.3 Å². The fourth-order valence-corrected chi connectivity index (χ4v) is 6.33. The van der Waals surface area contributed by atoms with E-state index in [4.69, 9.17) is 9.47 Å². The van der Waals surface area contributed by atoms with Gasteiger partial charge in [0.1, 0.15) is 11.5 Å². The highest BCUT2D eigenvalue weighted by molar-refractivity contribution is 7.21. The van der Waals surface area contributed by atoms with Gasteiger partial charge in [-0.1, -0.05) is 48.6 Å². The second-order valence-electron chi connectivity index (χ2n) is 10.4. The van der Waals surface area contributed by atoms with Crippen molar-refractivity contribution < 1.29 is 23.0 Å². The minimum Gasteiger partial charge on any atom is -0.497 e. The molecule has 0 N–H and O–H groups in total. The fraction of sp³-hybridized carbons (Fsp3) is 0.400. The molecule has 2 aromatic carbocycles. The van der Waals surface area contributed by atoms with Gasteiger partial charge in [-0.3, -0.25) is 14.2 Å². The number of hydrogen-bond donors (Lipinski definition) is 0. The number of benzene rings is 2. The van der Waals surface area contributed by atoms with Gasteiger partial charge >= 0.3 is 5.92 Å². The molecule has 41 heavy (non-hydrogen) atoms. The smallest absolute Gasteiger partial charge is 0.302 e. The maximum absolute atomic E-state index is 14.8. The number of hydrogen-bond acceptors (Lipinski definition) is 8. The van der Waals surface area contributed by atoms with Crippen molar-refractivity contribution in [2.75, 3.05) is 25.7 Å². The molecule has 0 bridgehead atoms. The van der Waals surface area contributed by atoms with E-state index in [1.807, 2.05) is 42.2 Å². The Morgan fingerprint density at radius 2 is 1.90 bits per heavy atom. The SMILES string of the molecule is COc1ccc(Cn2c(C(C)(F)F)nc3sc(N4CCC[C@@H]4C(=O)C[C@H](C)c4ccccc4)nc3c2=O)c(OC)c1. The number of rotatable bonds is 10. The third kappa shape index (κ3) is 5.81. The summed E-state index contributed by atoms with van der Waals surface area (Å²) in [5.74, 6) is -2.98. The van der Waals surface area contributed by atoms with E-state index in [0.29, 0.717) is 48.5 Å². The van der Waals surface area contributed by atoms with E-state index in [1.165, 1.54) is 14.2 Å². The summed E-state index contributed by atoms with van der Waals surface area (Å²) in [6, 6.07) is 14.4. The Morgan fingerprint density at radius 1 is 1.15 bits per heavy atom. The number of ketones is 1. The minimum atomic E-state index is -3.39. The van der Waals surface area contributed by atoms with E-state index < -0.39 is 17.3 Å². The van der Waals surface area contributed by atoms with Crippen LogP contribution >= 0.6 is 11.3 Å². The summed E-state index contributed by atoms with van der Waals surface area (Å²) in [7, 11) is 2.97. The first-order valence-corrected chi connectivity index (χ1v) is 14.3. The van der Waals surface area contributed by atoms with Crippen LogP contribution in [0.5, 0.6) is 11.5 Å². The summed E-state index contributed by atoms with van der Waals surface area (Å²) in [5, 5.41) is 0.443. The van der Waals surface area contributed by atoms with Crippen molar-refractivity contribution in [2.45, 2.75) is 57.5 Å². The fourth-order valence-electron chi connectivity index (χ4n) is 5.32. The first-order valence-electron chi connectivity index (χ1n) is 13.5. The van der Waals surface area contributed by atoms with E-state index in [-0.39, 0.29) is 34.6 Å². The lowest BCUT2D eigenvalue weighted by Crippen LogP contribution is -2.36. The van der Waals surface area contributed by atoms with Gasteiger partial charge in [0.2, 0.25) is 0 Å². The monoisotopic (exact) mass is 582 g/mol. The lowest BCUT2D eigenvalue weighted by Gasteiger charge is -2.24. The van der Waals surface area contributed by atoms with Crippen LogP contribution in [0, 0.1) is 0 Å². The van der Waals surface area contributed by atoms with Gasteiger partial charge in [0.25, 0.3) is 5.56 Å². The molecule has 11 heteroatoms. The quantitative estimate of drug-likeness (QED) is 0.235. The van der Waals surface area contributed by atoms with Crippen molar-refractivity contribution in [3.05, 3.63) is 75.8 Å². The average Bonchev–Trinajstić information content (AvgIpc) is 3.62. The molecule has 0 saturated carbocycles. The molecule has 1 aliphatic rings. The molecular formula is C30H32F2N4O4S. The summed E-state index contributed by atoms with van der Waals surface area (Å²) in [4.78, 5) is 37.8. The Kier molecular flexibility index (Phi) is 8.08. The number of aromatic nitrogens is 3. The van der Waals surface area contributed by atoms with Gasteiger partial charge in [0.15, 0.2) is 27.1 Å². The van der Waals surface area contributed by atoms with Gasteiger partial charge in [0, 0.05) is 31.5 Å². The number of ether oxygens (including phenoxy) is 2. The van der Waals surface area contributed by atoms with E-state index >= 15 is 0 Å². The number of carbonyl (C=O) groups excluding carboxylic acids is 1. The average molecular weight is 583 g/mol. The Morgan fingerprint density at radius 3 is 2.59 bits per heavy atom. The number of anilines is 1. The van der Waals surface area contributed by atoms with Crippen LogP contribution in [0.1, 0.15) is 56.0 Å². The van der Waals surface area contributed by atoms with Crippen LogP contribution in [-0.2, 0) is 17.3 Å². The highest BCUT2D eigenvalue weighted by Crippen LogP contribution is 2.35. The standard InChI is InChI=1S/C30H32F2N4O4S/c1-18(19-9-6-5-7-10-19)15-23(37)22-11-8-14-35(22)29-33-25-26(41-29)34-28(30(2,31)32)36(27(25)38)17-20-12-13-21(39-3)16-24(20)40-4/h5-7,9-10,12-13,16,18,22H,8,11,14-15,17H2,1-4H3/t18-,22+/m0/s1. The topological polar surface area (TPSA) is 86.5 Å². The van der Waals surface area contributed by atoms with Crippen molar-refractivity contribution in [1.29, 1.82) is 0 Å². The predicted octanol–water partition coefficient (Wildman–Crippen LogP) is 5.76. The molecule has 1 aliphatic heterocycles. The number of carbonyl (C=O) groups is 1. The van der Waals surface area contributed by atoms with Crippen LogP contribution in [-0.4, -0.2) is 47.1 Å². The summed E-state index contributed by atoms with van der Waals surface area (Å²) in [6.45, 7) is 3.14. The number of fused-ring (bicyclic) bond motifs is 1. The molecule has 0 unspecified atom stereocenters. The van der Waals surface area contributed by atoms with Gasteiger partial charge < -0.3 is 14.4 Å². The zero-order chi connectivity index (χ0) is 29.3. The van der Waals surface area contributed by atoms with E-state index in [0.717, 1.165) is 27.9 Å². The van der Waals surface area contributed by atoms with Gasteiger partial charge in [-0.2, -0.15) is 8.78 Å². The second-order valence-corrected chi connectivity index (χ2v) is 11.3. The number of methoxy groups -OCH3 is 2. The van der Waals surface area contributed by atoms with Crippen molar-refractivity contribution in [3.8, 4) is 11.5 Å². The number of nitrogens with zero attached hydrogens (tertiary/aromatic N) is 4. The van der Waals surface area contributed by atoms with Gasteiger partial charge in [-0.05, 0) is 36.5 Å². The zero-order valence-electron chi connectivity index (χ0n) is 23.4. The molecular weight excluding hydrogens is 550 g/mol. The van der Waals surface area contributed by atoms with Crippen molar-refractivity contribution in [2.24, 2.45) is 0 Å². The summed E-state index contributed by atoms with van der Waals surface area (Å²) in [6.07, 6.45) is 1.83. The maximum atomic E-state index is 14.8. The van der Waals surface area contributed by atoms with Gasteiger partial charge in [-0.25, -0.2) is 9.97 Å². The molecule has 2 atom stereocenters. The molecule has 0 amide bonds. The molecule has 0 radical (unpaired) electrons. The molecule has 4 aromatic rings. The minimum absolute atomic E-state index is 0.00114. The molecule has 8 nitrogen and oxygen atoms in total. The van der Waals surface area contributed by atoms with Crippen molar-refractivity contribution >= 4 is 32.6 Å². The Balaban J connectivity index is 1.49. The Hall–Kier alpha value is -3.86. The number of thiazole rings is 1. The largest absolute Gasteiger partial charge is 0.497 e. The van der Waals surface area contributed by atoms with Crippen molar-refractivity contribution in [1.82, 2.24) is 14.5 Å². The number of alkyl halides is 2. The third-order valence-electron chi connectivity index (χ3n) is 7.47. The molecule has 1 fully saturated rings. The zero-order valence-corrected chi connectivity index (χ0v) is 24.2. The second kappa shape index (κ2) is 11.6. The van der Waals surface area contributed by atoms with Crippen LogP contribution < -0.4 is 19.9 Å². The van der Waals surface area contributed by atoms with Crippen LogP contribution in [0.2, 0.25) is 0 Å². The molecule has 216 valence electrons. The molecule has 2 aromatic heterocycles. The van der Waals surface area contributed by atoms with Crippen LogP contribution in [0.4, 0.5) is 13.9 Å². The molecule has 0 aliphatic carbocycles. The van der Waals surface area contributed by atoms with Crippen LogP contribution in [0.3, 0.4) is 0 Å². The maximum Gasteiger partial charge on any atom is 0.302 e. The summed E-state index contributed by atoms with van der Waals surface area (Å²) >= 11 is 1.07. The first kappa shape index (κ1) is 28.7. The summed E-state index contributed by atoms with van der Waals surface area (Å²) < 4.78 is 41.2. The Labute approximate surface area is 240 Å². The highest BCUT2D eigenvalue weighted by Gasteiger charge is 2.36. The Bertz CT molecular complexity index is 1620. The van der Waals surface area contributed by atoms with Gasteiger partial charge in [0.05, 0.1) is 26.8 Å². The molecule has 1 saturated heterocycles. The van der Waals surface area contributed by atoms with E-state index in [9.17, 15) is 18.4 Å². The van der Waals surface area contributed by atoms with Crippen LogP contribution in [0.15, 0.2) is 53.3 Å². The highest BCUT2D eigenvalue weighted by atomic mass is 32.1. The van der Waals surface area contributed by atoms with Gasteiger partial charge in [-0.15, -0.1) is 0 Å². The predicted molar refractivity (Wildman–Crippen MR) is 155 cm³/mol. The number of Topliss-reactive ketones (excluding diaryl/α,β-unsaturated/α-hetero) is 1. The molecule has 3 heterocycles. The molecule has 0 spiro atoms. The van der Waals surface area contributed by atoms with E-state index in [1.54, 1.807) is 18.2 Å².